The summed E-state index contributed by atoms with van der Waals surface area (Å²) in [6.07, 6.45) is 3.00. The topological polar surface area (TPSA) is 113 Å². The molecule has 0 unspecified atom stereocenters. The fraction of sp³-hybridized carbons (Fsp3) is 0.125. The molecule has 0 spiro atoms. The summed E-state index contributed by atoms with van der Waals surface area (Å²) < 4.78 is 0. The third-order valence-corrected chi connectivity index (χ3v) is 5.68. The first-order chi connectivity index (χ1) is 16.1. The number of fused-ring (bicyclic) bond motifs is 2. The first-order valence-corrected chi connectivity index (χ1v) is 10.5. The van der Waals surface area contributed by atoms with Gasteiger partial charge in [0.2, 0.25) is 11.6 Å². The molecule has 0 atom stereocenters. The van der Waals surface area contributed by atoms with E-state index in [2.05, 4.69) is 20.8 Å². The molecule has 0 saturated carbocycles. The first-order valence-electron chi connectivity index (χ1n) is 10.5. The highest BCUT2D eigenvalue weighted by Crippen LogP contribution is 2.39. The fourth-order valence-electron chi connectivity index (χ4n) is 4.19. The molecule has 1 aromatic heterocycles. The molecule has 33 heavy (non-hydrogen) atoms. The van der Waals surface area contributed by atoms with Crippen molar-refractivity contribution in [3.8, 4) is 0 Å². The number of amides is 1. The van der Waals surface area contributed by atoms with Crippen LogP contribution in [-0.4, -0.2) is 27.3 Å². The highest BCUT2D eigenvalue weighted by molar-refractivity contribution is 6.07. The average molecular weight is 440 g/mol. The van der Waals surface area contributed by atoms with Gasteiger partial charge in [0, 0.05) is 17.8 Å². The Morgan fingerprint density at radius 3 is 2.67 bits per heavy atom. The molecule has 1 amide bonds. The lowest BCUT2D eigenvalue weighted by Crippen LogP contribution is -2.31. The van der Waals surface area contributed by atoms with Crippen molar-refractivity contribution in [2.45, 2.75) is 12.8 Å². The third kappa shape index (κ3) is 3.80. The summed E-state index contributed by atoms with van der Waals surface area (Å²) >= 11 is 0. The number of hydrogen-bond donors (Lipinski definition) is 2. The van der Waals surface area contributed by atoms with Gasteiger partial charge in [-0.2, -0.15) is 0 Å². The summed E-state index contributed by atoms with van der Waals surface area (Å²) in [7, 11) is 0. The Kier molecular flexibility index (Phi) is 5.27. The number of nitro groups is 1. The first kappa shape index (κ1) is 20.4. The number of anilines is 3. The SMILES string of the molecule is O=C(NNc1ncnc(N2CCCc3ccccc32)c1[N+](=O)[O-])c1cccc2ccccc12. The Morgan fingerprint density at radius 2 is 1.79 bits per heavy atom. The third-order valence-electron chi connectivity index (χ3n) is 5.68. The molecular formula is C24H20N6O3. The van der Waals surface area contributed by atoms with Crippen LogP contribution in [0.5, 0.6) is 0 Å². The second kappa shape index (κ2) is 8.54. The number of para-hydroxylation sites is 1. The quantitative estimate of drug-likeness (QED) is 0.350. The van der Waals surface area contributed by atoms with Gasteiger partial charge in [0.1, 0.15) is 6.33 Å². The van der Waals surface area contributed by atoms with E-state index in [4.69, 9.17) is 0 Å². The Labute approximate surface area is 189 Å². The van der Waals surface area contributed by atoms with Crippen molar-refractivity contribution in [1.82, 2.24) is 15.4 Å². The van der Waals surface area contributed by atoms with Crippen LogP contribution < -0.4 is 15.8 Å². The van der Waals surface area contributed by atoms with Crippen LogP contribution >= 0.6 is 0 Å². The van der Waals surface area contributed by atoms with Crippen molar-refractivity contribution >= 4 is 39.7 Å². The Balaban J connectivity index is 1.46. The standard InChI is InChI=1S/C24H20N6O3/c31-24(19-12-5-9-16-7-1-3-11-18(16)19)28-27-22-21(30(32)33)23(26-15-25-22)29-14-6-10-17-8-2-4-13-20(17)29/h1-5,7-9,11-13,15H,6,10,14H2,(H,28,31)(H,25,26,27). The fourth-order valence-corrected chi connectivity index (χ4v) is 4.19. The van der Waals surface area contributed by atoms with Crippen LogP contribution in [0.2, 0.25) is 0 Å². The maximum absolute atomic E-state index is 12.9. The number of aromatic nitrogens is 2. The van der Waals surface area contributed by atoms with Crippen molar-refractivity contribution < 1.29 is 9.72 Å². The van der Waals surface area contributed by atoms with Crippen LogP contribution in [-0.2, 0) is 6.42 Å². The van der Waals surface area contributed by atoms with Gasteiger partial charge in [0.25, 0.3) is 5.91 Å². The summed E-state index contributed by atoms with van der Waals surface area (Å²) in [5.41, 5.74) is 7.33. The van der Waals surface area contributed by atoms with Gasteiger partial charge in [0.05, 0.1) is 4.92 Å². The molecule has 164 valence electrons. The molecule has 0 saturated heterocycles. The van der Waals surface area contributed by atoms with Gasteiger partial charge in [0.15, 0.2) is 0 Å². The normalized spacial score (nSPS) is 12.8. The number of carbonyl (C=O) groups is 1. The number of hydrogen-bond acceptors (Lipinski definition) is 7. The van der Waals surface area contributed by atoms with Crippen molar-refractivity contribution in [2.24, 2.45) is 0 Å². The summed E-state index contributed by atoms with van der Waals surface area (Å²) in [6, 6.07) is 20.7. The summed E-state index contributed by atoms with van der Waals surface area (Å²) in [5, 5.41) is 13.7. The van der Waals surface area contributed by atoms with Gasteiger partial charge in [-0.3, -0.25) is 25.8 Å². The van der Waals surface area contributed by atoms with Gasteiger partial charge in [-0.15, -0.1) is 0 Å². The highest BCUT2D eigenvalue weighted by atomic mass is 16.6. The van der Waals surface area contributed by atoms with Gasteiger partial charge in [-0.05, 0) is 41.3 Å². The van der Waals surface area contributed by atoms with Crippen molar-refractivity contribution in [3.05, 3.63) is 94.3 Å². The zero-order chi connectivity index (χ0) is 22.8. The zero-order valence-corrected chi connectivity index (χ0v) is 17.6. The molecular weight excluding hydrogens is 420 g/mol. The smallest absolute Gasteiger partial charge is 0.320 e. The van der Waals surface area contributed by atoms with Crippen LogP contribution in [0.3, 0.4) is 0 Å². The van der Waals surface area contributed by atoms with Crippen molar-refractivity contribution in [3.63, 3.8) is 0 Å². The van der Waals surface area contributed by atoms with E-state index in [1.54, 1.807) is 12.1 Å². The predicted molar refractivity (Wildman–Crippen MR) is 125 cm³/mol. The molecule has 0 fully saturated rings. The second-order valence-electron chi connectivity index (χ2n) is 7.64. The molecule has 2 N–H and O–H groups in total. The summed E-state index contributed by atoms with van der Waals surface area (Å²) in [6.45, 7) is 0.594. The molecule has 1 aliphatic heterocycles. The largest absolute Gasteiger partial charge is 0.355 e. The lowest BCUT2D eigenvalue weighted by Gasteiger charge is -2.30. The Morgan fingerprint density at radius 1 is 1.00 bits per heavy atom. The van der Waals surface area contributed by atoms with E-state index in [0.717, 1.165) is 34.9 Å². The van der Waals surface area contributed by atoms with Crippen molar-refractivity contribution in [1.29, 1.82) is 0 Å². The lowest BCUT2D eigenvalue weighted by molar-refractivity contribution is -0.383. The van der Waals surface area contributed by atoms with Crippen LogP contribution in [0.15, 0.2) is 73.1 Å². The number of rotatable bonds is 5. The minimum Gasteiger partial charge on any atom is -0.320 e. The molecule has 3 aromatic carbocycles. The minimum atomic E-state index is -0.529. The molecule has 9 nitrogen and oxygen atoms in total. The maximum atomic E-state index is 12.9. The van der Waals surface area contributed by atoms with Crippen molar-refractivity contribution in [2.75, 3.05) is 16.9 Å². The predicted octanol–water partition coefficient (Wildman–Crippen LogP) is 4.38. The molecule has 1 aliphatic rings. The highest BCUT2D eigenvalue weighted by Gasteiger charge is 2.30. The Bertz CT molecular complexity index is 1370. The summed E-state index contributed by atoms with van der Waals surface area (Å²) in [4.78, 5) is 34.5. The number of aryl methyl sites for hydroxylation is 1. The maximum Gasteiger partial charge on any atom is 0.355 e. The number of benzene rings is 3. The molecule has 2 heterocycles. The van der Waals surface area contributed by atoms with Gasteiger partial charge < -0.3 is 4.90 Å². The van der Waals surface area contributed by atoms with Gasteiger partial charge in [-0.25, -0.2) is 9.97 Å². The molecule has 0 aliphatic carbocycles. The molecule has 9 heteroatoms. The molecule has 0 bridgehead atoms. The number of nitrogens with one attached hydrogen (secondary N) is 2. The molecule has 5 rings (SSSR count). The van der Waals surface area contributed by atoms with Crippen LogP contribution in [0, 0.1) is 10.1 Å². The monoisotopic (exact) mass is 440 g/mol. The van der Waals surface area contributed by atoms with Crippen LogP contribution in [0.25, 0.3) is 10.8 Å². The number of carbonyl (C=O) groups excluding carboxylic acids is 1. The van der Waals surface area contributed by atoms with E-state index in [-0.39, 0.29) is 17.3 Å². The van der Waals surface area contributed by atoms with Gasteiger partial charge >= 0.3 is 5.69 Å². The Hall–Kier alpha value is -4.53. The molecule has 0 radical (unpaired) electrons. The average Bonchev–Trinajstić information content (AvgIpc) is 2.86. The van der Waals surface area contributed by atoms with Crippen LogP contribution in [0.4, 0.5) is 23.0 Å². The second-order valence-corrected chi connectivity index (χ2v) is 7.64. The number of hydrazine groups is 1. The minimum absolute atomic E-state index is 0.0818. The zero-order valence-electron chi connectivity index (χ0n) is 17.6. The van der Waals surface area contributed by atoms with E-state index >= 15 is 0 Å². The number of nitrogens with zero attached hydrogens (tertiary/aromatic N) is 4. The van der Waals surface area contributed by atoms with E-state index in [1.165, 1.54) is 6.33 Å². The van der Waals surface area contributed by atoms with E-state index in [0.29, 0.717) is 12.1 Å². The lowest BCUT2D eigenvalue weighted by atomic mass is 10.0. The van der Waals surface area contributed by atoms with E-state index in [9.17, 15) is 14.9 Å². The molecule has 4 aromatic rings. The van der Waals surface area contributed by atoms with E-state index in [1.807, 2.05) is 59.5 Å². The summed E-state index contributed by atoms with van der Waals surface area (Å²) in [5.74, 6) is -0.324. The van der Waals surface area contributed by atoms with Gasteiger partial charge in [-0.1, -0.05) is 54.6 Å². The van der Waals surface area contributed by atoms with E-state index < -0.39 is 10.8 Å². The van der Waals surface area contributed by atoms with Crippen LogP contribution in [0.1, 0.15) is 22.3 Å².